The van der Waals surface area contributed by atoms with Crippen LogP contribution in [0.25, 0.3) is 0 Å². The molecular weight excluding hydrogens is 242 g/mol. The summed E-state index contributed by atoms with van der Waals surface area (Å²) >= 11 is 0. The summed E-state index contributed by atoms with van der Waals surface area (Å²) in [6, 6.07) is 2.08. The van der Waals surface area contributed by atoms with Crippen molar-refractivity contribution in [3.63, 3.8) is 0 Å². The molecule has 0 spiro atoms. The lowest BCUT2D eigenvalue weighted by Crippen LogP contribution is -2.36. The van der Waals surface area contributed by atoms with Crippen LogP contribution in [-0.4, -0.2) is 35.8 Å². The summed E-state index contributed by atoms with van der Waals surface area (Å²) in [6.45, 7) is 8.33. The van der Waals surface area contributed by atoms with Crippen LogP contribution in [0, 0.1) is 0 Å². The number of rotatable bonds is 6. The van der Waals surface area contributed by atoms with Crippen LogP contribution in [0.1, 0.15) is 20.8 Å². The summed E-state index contributed by atoms with van der Waals surface area (Å²) in [5.74, 6) is 1.31. The van der Waals surface area contributed by atoms with Gasteiger partial charge in [0.25, 0.3) is 0 Å². The van der Waals surface area contributed by atoms with E-state index >= 15 is 0 Å². The monoisotopic (exact) mass is 263 g/mol. The van der Waals surface area contributed by atoms with Gasteiger partial charge in [0.2, 0.25) is 11.8 Å². The maximum atomic E-state index is 5.43. The molecule has 6 nitrogen and oxygen atoms in total. The van der Waals surface area contributed by atoms with Gasteiger partial charge in [-0.05, 0) is 20.8 Å². The minimum absolute atomic E-state index is 0.306. The quantitative estimate of drug-likeness (QED) is 0.801. The first kappa shape index (κ1) is 13.5. The molecule has 0 bridgehead atoms. The number of hydrogen-bond donors (Lipinski definition) is 2. The van der Waals surface area contributed by atoms with Crippen LogP contribution in [0.2, 0.25) is 0 Å². The van der Waals surface area contributed by atoms with Gasteiger partial charge in [-0.3, -0.25) is 0 Å². The first-order valence-electron chi connectivity index (χ1n) is 6.59. The van der Waals surface area contributed by atoms with E-state index in [0.717, 1.165) is 18.9 Å². The van der Waals surface area contributed by atoms with Gasteiger partial charge < -0.3 is 20.3 Å². The standard InChI is InChI=1S/C13H21N5O/c1-4-19-12-5-6-15-13(17-12)18(10(2)3)8-11-7-14-9-16-11/h5-7,10,14,16H,4,8-9H2,1-3H3. The molecule has 0 radical (unpaired) electrons. The third-order valence-electron chi connectivity index (χ3n) is 2.82. The molecule has 0 aliphatic carbocycles. The van der Waals surface area contributed by atoms with E-state index in [9.17, 15) is 0 Å². The Morgan fingerprint density at radius 2 is 2.32 bits per heavy atom. The molecule has 1 aromatic heterocycles. The molecule has 2 heterocycles. The average molecular weight is 263 g/mol. The van der Waals surface area contributed by atoms with Gasteiger partial charge in [0, 0.05) is 30.2 Å². The molecule has 0 saturated heterocycles. The Balaban J connectivity index is 2.15. The van der Waals surface area contributed by atoms with Crippen molar-refractivity contribution in [3.05, 3.63) is 24.2 Å². The van der Waals surface area contributed by atoms with Gasteiger partial charge >= 0.3 is 0 Å². The maximum Gasteiger partial charge on any atom is 0.229 e. The summed E-state index contributed by atoms with van der Waals surface area (Å²) < 4.78 is 5.43. The number of nitrogens with zero attached hydrogens (tertiary/aromatic N) is 3. The number of aromatic nitrogens is 2. The second-order valence-electron chi connectivity index (χ2n) is 4.58. The SMILES string of the molecule is CCOc1ccnc(N(CC2=CNCN2)C(C)C)n1. The molecule has 0 aromatic carbocycles. The van der Waals surface area contributed by atoms with Crippen LogP contribution in [0.3, 0.4) is 0 Å². The third kappa shape index (κ3) is 3.49. The predicted octanol–water partition coefficient (Wildman–Crippen LogP) is 1.08. The number of ether oxygens (including phenoxy) is 1. The first-order valence-corrected chi connectivity index (χ1v) is 6.59. The molecule has 19 heavy (non-hydrogen) atoms. The van der Waals surface area contributed by atoms with Crippen LogP contribution in [-0.2, 0) is 0 Å². The highest BCUT2D eigenvalue weighted by atomic mass is 16.5. The van der Waals surface area contributed by atoms with Crippen LogP contribution in [0.4, 0.5) is 5.95 Å². The molecule has 0 fully saturated rings. The molecule has 2 rings (SSSR count). The molecule has 0 saturated carbocycles. The smallest absolute Gasteiger partial charge is 0.229 e. The largest absolute Gasteiger partial charge is 0.478 e. The second kappa shape index (κ2) is 6.26. The van der Waals surface area contributed by atoms with E-state index < -0.39 is 0 Å². The molecule has 0 unspecified atom stereocenters. The average Bonchev–Trinajstić information content (AvgIpc) is 2.89. The van der Waals surface area contributed by atoms with E-state index in [0.29, 0.717) is 24.5 Å². The lowest BCUT2D eigenvalue weighted by atomic mass is 10.3. The van der Waals surface area contributed by atoms with E-state index in [1.807, 2.05) is 13.1 Å². The van der Waals surface area contributed by atoms with E-state index in [1.54, 1.807) is 12.3 Å². The van der Waals surface area contributed by atoms with Crippen molar-refractivity contribution in [1.82, 2.24) is 20.6 Å². The Labute approximate surface area is 113 Å². The lowest BCUT2D eigenvalue weighted by molar-refractivity contribution is 0.326. The van der Waals surface area contributed by atoms with Crippen molar-refractivity contribution in [2.75, 3.05) is 24.7 Å². The van der Waals surface area contributed by atoms with Gasteiger partial charge in [0.15, 0.2) is 0 Å². The fourth-order valence-corrected chi connectivity index (χ4v) is 1.86. The van der Waals surface area contributed by atoms with Crippen LogP contribution < -0.4 is 20.3 Å². The fourth-order valence-electron chi connectivity index (χ4n) is 1.86. The molecule has 6 heteroatoms. The topological polar surface area (TPSA) is 62.3 Å². The van der Waals surface area contributed by atoms with Crippen molar-refractivity contribution in [3.8, 4) is 5.88 Å². The minimum Gasteiger partial charge on any atom is -0.478 e. The maximum absolute atomic E-state index is 5.43. The Hall–Kier alpha value is -1.98. The molecule has 1 aliphatic heterocycles. The van der Waals surface area contributed by atoms with Gasteiger partial charge in [-0.15, -0.1) is 0 Å². The normalized spacial score (nSPS) is 13.8. The molecule has 104 valence electrons. The highest BCUT2D eigenvalue weighted by Crippen LogP contribution is 2.16. The van der Waals surface area contributed by atoms with Gasteiger partial charge in [0.1, 0.15) is 0 Å². The van der Waals surface area contributed by atoms with E-state index in [2.05, 4.69) is 39.3 Å². The lowest BCUT2D eigenvalue weighted by Gasteiger charge is -2.27. The summed E-state index contributed by atoms with van der Waals surface area (Å²) in [5.41, 5.74) is 1.14. The zero-order valence-electron chi connectivity index (χ0n) is 11.7. The molecule has 1 aromatic rings. The summed E-state index contributed by atoms with van der Waals surface area (Å²) in [6.07, 6.45) is 3.72. The highest BCUT2D eigenvalue weighted by molar-refractivity contribution is 5.36. The zero-order valence-corrected chi connectivity index (χ0v) is 11.7. The minimum atomic E-state index is 0.306. The van der Waals surface area contributed by atoms with Gasteiger partial charge in [0.05, 0.1) is 19.8 Å². The van der Waals surface area contributed by atoms with E-state index in [-0.39, 0.29) is 0 Å². The summed E-state index contributed by atoms with van der Waals surface area (Å²) in [4.78, 5) is 10.9. The molecule has 0 atom stereocenters. The van der Waals surface area contributed by atoms with E-state index in [1.165, 1.54) is 0 Å². The van der Waals surface area contributed by atoms with Crippen molar-refractivity contribution in [2.45, 2.75) is 26.8 Å². The van der Waals surface area contributed by atoms with Crippen LogP contribution in [0.15, 0.2) is 24.2 Å². The van der Waals surface area contributed by atoms with Crippen molar-refractivity contribution < 1.29 is 4.74 Å². The van der Waals surface area contributed by atoms with Gasteiger partial charge in [-0.1, -0.05) is 0 Å². The third-order valence-corrected chi connectivity index (χ3v) is 2.82. The molecule has 0 amide bonds. The van der Waals surface area contributed by atoms with Gasteiger partial charge in [-0.25, -0.2) is 4.98 Å². The Bertz CT molecular complexity index is 446. The fraction of sp³-hybridized carbons (Fsp3) is 0.538. The predicted molar refractivity (Wildman–Crippen MR) is 74.9 cm³/mol. The first-order chi connectivity index (χ1) is 9.20. The summed E-state index contributed by atoms with van der Waals surface area (Å²) in [7, 11) is 0. The van der Waals surface area contributed by atoms with Crippen molar-refractivity contribution in [2.24, 2.45) is 0 Å². The van der Waals surface area contributed by atoms with Crippen LogP contribution >= 0.6 is 0 Å². The van der Waals surface area contributed by atoms with Gasteiger partial charge in [-0.2, -0.15) is 4.98 Å². The number of hydrogen-bond acceptors (Lipinski definition) is 6. The summed E-state index contributed by atoms with van der Waals surface area (Å²) in [5, 5.41) is 6.41. The zero-order chi connectivity index (χ0) is 13.7. The molecule has 1 aliphatic rings. The number of anilines is 1. The van der Waals surface area contributed by atoms with Crippen molar-refractivity contribution in [1.29, 1.82) is 0 Å². The Kier molecular flexibility index (Phi) is 4.43. The highest BCUT2D eigenvalue weighted by Gasteiger charge is 2.17. The van der Waals surface area contributed by atoms with Crippen molar-refractivity contribution >= 4 is 5.95 Å². The number of nitrogens with one attached hydrogen (secondary N) is 2. The second-order valence-corrected chi connectivity index (χ2v) is 4.58. The van der Waals surface area contributed by atoms with E-state index in [4.69, 9.17) is 4.74 Å². The molecule has 2 N–H and O–H groups in total. The Morgan fingerprint density at radius 1 is 1.47 bits per heavy atom. The molecular formula is C13H21N5O. The van der Waals surface area contributed by atoms with Crippen LogP contribution in [0.5, 0.6) is 5.88 Å². The Morgan fingerprint density at radius 3 is 2.95 bits per heavy atom.